The van der Waals surface area contributed by atoms with Gasteiger partial charge in [0.1, 0.15) is 24.1 Å². The number of amides is 2. The summed E-state index contributed by atoms with van der Waals surface area (Å²) in [6, 6.07) is 8.67. The number of esters is 1. The summed E-state index contributed by atoms with van der Waals surface area (Å²) in [5.41, 5.74) is 3.21. The van der Waals surface area contributed by atoms with Gasteiger partial charge in [-0.15, -0.1) is 36.5 Å². The Balaban J connectivity index is 0.000000464. The molecule has 0 radical (unpaired) electrons. The first kappa shape index (κ1) is 59.5. The van der Waals surface area contributed by atoms with E-state index in [1.54, 1.807) is 26.4 Å². The first-order valence-corrected chi connectivity index (χ1v) is 24.9. The van der Waals surface area contributed by atoms with Crippen LogP contribution in [0.2, 0.25) is 5.02 Å². The summed E-state index contributed by atoms with van der Waals surface area (Å²) in [5.74, 6) is -2.56. The predicted octanol–water partition coefficient (Wildman–Crippen LogP) is 6.70. The van der Waals surface area contributed by atoms with E-state index >= 15 is 0 Å². The maximum absolute atomic E-state index is 14.3. The molecule has 4 rings (SSSR count). The molecule has 25 heteroatoms. The predicted molar refractivity (Wildman–Crippen MR) is 255 cm³/mol. The summed E-state index contributed by atoms with van der Waals surface area (Å²) in [5, 5.41) is 10.3. The molecule has 0 unspecified atom stereocenters. The van der Waals surface area contributed by atoms with Crippen molar-refractivity contribution in [3.63, 3.8) is 0 Å². The van der Waals surface area contributed by atoms with Gasteiger partial charge in [0.05, 0.1) is 36.4 Å². The summed E-state index contributed by atoms with van der Waals surface area (Å²) in [6.07, 6.45) is 5.38. The Morgan fingerprint density at radius 3 is 2.26 bits per heavy atom. The number of alkyl halides is 3. The topological polar surface area (TPSA) is 222 Å². The summed E-state index contributed by atoms with van der Waals surface area (Å²) >= 11 is 24.6. The van der Waals surface area contributed by atoms with Gasteiger partial charge in [-0.1, -0.05) is 72.1 Å². The van der Waals surface area contributed by atoms with E-state index in [-0.39, 0.29) is 45.8 Å². The zero-order chi connectivity index (χ0) is 49.3. The van der Waals surface area contributed by atoms with Crippen molar-refractivity contribution in [2.24, 2.45) is 4.99 Å². The number of carbonyl (C=O) groups is 4. The molecular weight excluding hydrogens is 996 g/mol. The number of fused-ring (bicyclic) bond motifs is 1. The second-order valence-electron chi connectivity index (χ2n) is 13.1. The molecule has 2 heterocycles. The van der Waals surface area contributed by atoms with Gasteiger partial charge < -0.3 is 29.3 Å². The number of rotatable bonds is 19. The number of carbonyl (C=O) groups excluding carboxylic acids is 3. The fourth-order valence-corrected chi connectivity index (χ4v) is 8.16. The van der Waals surface area contributed by atoms with E-state index in [1.165, 1.54) is 18.1 Å². The van der Waals surface area contributed by atoms with E-state index in [1.807, 2.05) is 32.0 Å². The lowest BCUT2D eigenvalue weighted by Gasteiger charge is -2.25. The molecule has 0 bridgehead atoms. The lowest BCUT2D eigenvalue weighted by Crippen LogP contribution is -2.35. The van der Waals surface area contributed by atoms with E-state index in [0.29, 0.717) is 42.5 Å². The van der Waals surface area contributed by atoms with E-state index in [2.05, 4.69) is 35.1 Å². The number of halogens is 5. The quantitative estimate of drug-likeness (QED) is 0.0245. The monoisotopic (exact) mass is 1050 g/mol. The van der Waals surface area contributed by atoms with Crippen LogP contribution in [0.5, 0.6) is 0 Å². The fraction of sp³-hybridized carbons (Fsp3) is 0.450. The van der Waals surface area contributed by atoms with Gasteiger partial charge in [0.25, 0.3) is 5.91 Å². The Morgan fingerprint density at radius 1 is 1.11 bits per heavy atom. The van der Waals surface area contributed by atoms with Gasteiger partial charge >= 0.3 is 24.4 Å². The molecule has 2 amide bonds. The van der Waals surface area contributed by atoms with Crippen LogP contribution >= 0.6 is 77.1 Å². The van der Waals surface area contributed by atoms with Gasteiger partial charge in [-0.25, -0.2) is 14.1 Å². The van der Waals surface area contributed by atoms with Crippen LogP contribution in [0.3, 0.4) is 0 Å². The van der Waals surface area contributed by atoms with Crippen molar-refractivity contribution in [2.45, 2.75) is 62.9 Å². The first-order valence-electron chi connectivity index (χ1n) is 19.5. The van der Waals surface area contributed by atoms with Crippen molar-refractivity contribution in [3.8, 4) is 0 Å². The Hall–Kier alpha value is -3.53. The molecule has 0 fully saturated rings. The molecule has 1 aromatic heterocycles. The number of thioether (sulfide) groups is 1. The number of methoxy groups -OCH3 is 1. The summed E-state index contributed by atoms with van der Waals surface area (Å²) in [4.78, 5) is 79.9. The molecule has 17 nitrogen and oxygen atoms in total. The fourth-order valence-electron chi connectivity index (χ4n) is 5.35. The Morgan fingerprint density at radius 2 is 1.74 bits per heavy atom. The number of anilines is 1. The maximum Gasteiger partial charge on any atom is 0.339 e. The molecule has 4 N–H and O–H groups in total. The molecule has 0 atom stereocenters. The summed E-state index contributed by atoms with van der Waals surface area (Å²) in [6.45, 7) is 15.6. The number of aryl methyl sites for hydroxylation is 2. The highest BCUT2D eigenvalue weighted by Gasteiger charge is 2.20. The number of aromatic nitrogens is 2. The van der Waals surface area contributed by atoms with Crippen LogP contribution in [-0.2, 0) is 52.7 Å². The van der Waals surface area contributed by atoms with Crippen molar-refractivity contribution in [3.05, 3.63) is 92.1 Å². The lowest BCUT2D eigenvalue weighted by molar-refractivity contribution is -0.137. The zero-order valence-electron chi connectivity index (χ0n) is 36.2. The summed E-state index contributed by atoms with van der Waals surface area (Å²) < 4.78 is 37.7. The zero-order valence-corrected chi connectivity index (χ0v) is 41.8. The molecule has 0 saturated heterocycles. The average molecular weight is 1050 g/mol. The third kappa shape index (κ3) is 21.8. The minimum atomic E-state index is -4.10. The third-order valence-electron chi connectivity index (χ3n) is 8.29. The standard InChI is InChI=1S/C15H15ClFN3O3S2.C14H20ClNO2.C8H11Cl2NO.C3H8NO5P/c1-23-13(21)8-24-12-7-11(10(17)6-9(12)16)18-14-19-4-2-3-5-20(19)15(22)25-14;1-4-12-8-6-7-11(3)14(12)16(10-18-5-2)13(17)9-15;1-3-5-11(6-4-2)8(12)7(9)10;5-3(6)1-4-2-10(7,8)9/h6-7H,2-5,8H2,1H3;6-8H,4-5,9-10H2,1-3H3;3-4,7H,1-2,5-6H2;4H,1-2H2,(H,5,6)(H2,7,8,9)/b18-14-;;;. The van der Waals surface area contributed by atoms with E-state index in [0.717, 1.165) is 65.2 Å². The van der Waals surface area contributed by atoms with Crippen molar-refractivity contribution < 1.29 is 52.5 Å². The number of nitrogens with one attached hydrogen (secondary N) is 1. The molecule has 1 aliphatic heterocycles. The van der Waals surface area contributed by atoms with Crippen molar-refractivity contribution >= 4 is 112 Å². The molecule has 362 valence electrons. The van der Waals surface area contributed by atoms with Crippen molar-refractivity contribution in [2.75, 3.05) is 62.9 Å². The van der Waals surface area contributed by atoms with Crippen molar-refractivity contribution in [1.82, 2.24) is 19.6 Å². The van der Waals surface area contributed by atoms with Gasteiger partial charge in [-0.2, -0.15) is 0 Å². The highest BCUT2D eigenvalue weighted by Crippen LogP contribution is 2.34. The first-order chi connectivity index (χ1) is 30.7. The van der Waals surface area contributed by atoms with Gasteiger partial charge in [0.15, 0.2) is 4.84 Å². The molecule has 0 aliphatic carbocycles. The van der Waals surface area contributed by atoms with E-state index < -0.39 is 43.0 Å². The molecule has 3 aromatic rings. The van der Waals surface area contributed by atoms with Gasteiger partial charge in [-0.05, 0) is 67.7 Å². The highest BCUT2D eigenvalue weighted by atomic mass is 35.5. The van der Waals surface area contributed by atoms with Crippen LogP contribution in [0.1, 0.15) is 37.8 Å². The Bertz CT molecular complexity index is 2230. The minimum Gasteiger partial charge on any atom is -0.480 e. The number of hydrogen-bond donors (Lipinski definition) is 4. The molecule has 1 aliphatic rings. The largest absolute Gasteiger partial charge is 0.480 e. The number of nitrogens with zero attached hydrogens (tertiary/aromatic N) is 5. The van der Waals surface area contributed by atoms with Gasteiger partial charge in [0.2, 0.25) is 10.7 Å². The number of carboxylic acids is 1. The van der Waals surface area contributed by atoms with Crippen LogP contribution in [0, 0.1) is 12.7 Å². The number of carboxylic acid groups (broad SMARTS) is 1. The smallest absolute Gasteiger partial charge is 0.339 e. The van der Waals surface area contributed by atoms with Crippen LogP contribution in [-0.4, -0.2) is 116 Å². The van der Waals surface area contributed by atoms with Crippen LogP contribution in [0.15, 0.2) is 70.3 Å². The minimum absolute atomic E-state index is 0.0371. The normalized spacial score (nSPS) is 12.0. The number of para-hydroxylation sites is 1. The molecule has 2 aromatic carbocycles. The maximum atomic E-state index is 14.3. The van der Waals surface area contributed by atoms with Crippen LogP contribution in [0.25, 0.3) is 0 Å². The third-order valence-corrected chi connectivity index (χ3v) is 11.8. The SMILES string of the molecule is C=CCN(CC=C)C(=O)C(Cl)Cl.CCOCN(C(=O)CCl)c1c(C)cccc1CC.COC(=O)CSc1cc(/N=c2\sc(=O)n3n2CCCC3)c(F)cc1Cl.O=C(O)CNCP(=O)(O)O. The molecular formula is C40H54Cl4FN6O11PS2. The van der Waals surface area contributed by atoms with Gasteiger partial charge in [0, 0.05) is 37.7 Å². The van der Waals surface area contributed by atoms with E-state index in [9.17, 15) is 32.9 Å². The number of hydrogen-bond acceptors (Lipinski definition) is 12. The highest BCUT2D eigenvalue weighted by molar-refractivity contribution is 8.00. The van der Waals surface area contributed by atoms with Crippen molar-refractivity contribution in [1.29, 1.82) is 0 Å². The van der Waals surface area contributed by atoms with Crippen LogP contribution in [0.4, 0.5) is 15.8 Å². The summed E-state index contributed by atoms with van der Waals surface area (Å²) in [7, 11) is -2.80. The lowest BCUT2D eigenvalue weighted by atomic mass is 10.0. The Kier molecular flexibility index (Phi) is 28.8. The number of ether oxygens (including phenoxy) is 2. The Labute approximate surface area is 404 Å². The van der Waals surface area contributed by atoms with Crippen LogP contribution < -0.4 is 19.9 Å². The second-order valence-corrected chi connectivity index (χ2v) is 18.4. The average Bonchev–Trinajstić information content (AvgIpc) is 3.58. The second kappa shape index (κ2) is 31.4. The number of benzene rings is 2. The molecule has 65 heavy (non-hydrogen) atoms. The molecule has 0 saturated carbocycles. The van der Waals surface area contributed by atoms with E-state index in [4.69, 9.17) is 66.0 Å². The number of aliphatic carboxylic acids is 1. The molecule has 0 spiro atoms. The van der Waals surface area contributed by atoms with Gasteiger partial charge in [-0.3, -0.25) is 43.4 Å².